The molecule has 0 amide bonds. The molecule has 0 spiro atoms. The number of Topliss-reactive ketones (excluding diaryl/α,β-unsaturated/α-hetero) is 1. The van der Waals surface area contributed by atoms with E-state index in [1.54, 1.807) is 18.2 Å². The van der Waals surface area contributed by atoms with Crippen molar-refractivity contribution in [2.45, 2.75) is 6.92 Å². The minimum absolute atomic E-state index is 0.284. The minimum Gasteiger partial charge on any atom is -0.357 e. The predicted molar refractivity (Wildman–Crippen MR) is 51.2 cm³/mol. The van der Waals surface area contributed by atoms with Crippen molar-refractivity contribution in [1.29, 1.82) is 0 Å². The fourth-order valence-electron chi connectivity index (χ4n) is 0.961. The van der Waals surface area contributed by atoms with Crippen molar-refractivity contribution in [1.82, 2.24) is 0 Å². The highest BCUT2D eigenvalue weighted by molar-refractivity contribution is 6.42. The first-order chi connectivity index (χ1) is 7.15. The predicted octanol–water partition coefficient (Wildman–Crippen LogP) is 1.06. The molecule has 0 atom stereocenters. The highest BCUT2D eigenvalue weighted by Gasteiger charge is 2.25. The van der Waals surface area contributed by atoms with Gasteiger partial charge in [0.15, 0.2) is 0 Å². The van der Waals surface area contributed by atoms with E-state index in [2.05, 4.69) is 9.53 Å². The van der Waals surface area contributed by atoms with Gasteiger partial charge in [-0.05, 0) is 0 Å². The summed E-state index contributed by atoms with van der Waals surface area (Å²) >= 11 is 0. The monoisotopic (exact) mass is 204 g/mol. The Kier molecular flexibility index (Phi) is 3.49. The fourth-order valence-corrected chi connectivity index (χ4v) is 0.961. The Hall–Kier alpha value is -2.26. The molecule has 0 aliphatic heterocycles. The molecule has 0 radical (unpaired) electrons. The zero-order valence-corrected chi connectivity index (χ0v) is 8.01. The molecule has 5 nitrogen and oxygen atoms in total. The van der Waals surface area contributed by atoms with Gasteiger partial charge in [0.25, 0.3) is 0 Å². The van der Waals surface area contributed by atoms with Crippen molar-refractivity contribution in [3.63, 3.8) is 0 Å². The quantitative estimate of drug-likeness (QED) is 0.180. The van der Waals surface area contributed by atoms with E-state index in [1.807, 2.05) is 0 Å². The number of hydrogen-bond acceptors (Lipinski definition) is 3. The van der Waals surface area contributed by atoms with Crippen LogP contribution >= 0.6 is 0 Å². The van der Waals surface area contributed by atoms with E-state index < -0.39 is 17.7 Å². The smallest absolute Gasteiger partial charge is 0.357 e. The fraction of sp³-hybridized carbons (Fsp3) is 0.100. The summed E-state index contributed by atoms with van der Waals surface area (Å²) < 4.78 is 4.43. The summed E-state index contributed by atoms with van der Waals surface area (Å²) in [5.41, 5.74) is 8.78. The molecule has 0 bridgehead atoms. The average molecular weight is 204 g/mol. The standard InChI is InChI=1S/C10H8N2O3/c1-7(13)15-10(12-11)9(14)8-5-3-2-4-6-8/h2-6H,1H3. The summed E-state index contributed by atoms with van der Waals surface area (Å²) in [6, 6.07) is 8.08. The van der Waals surface area contributed by atoms with Crippen LogP contribution in [0, 0.1) is 0 Å². The molecule has 0 aromatic heterocycles. The van der Waals surface area contributed by atoms with Crippen molar-refractivity contribution < 1.29 is 19.1 Å². The number of ether oxygens (including phenoxy) is 1. The lowest BCUT2D eigenvalue weighted by Crippen LogP contribution is -2.21. The number of carbonyl (C=O) groups excluding carboxylic acids is 2. The van der Waals surface area contributed by atoms with Crippen LogP contribution in [0.4, 0.5) is 0 Å². The lowest BCUT2D eigenvalue weighted by molar-refractivity contribution is -0.137. The minimum atomic E-state index is -0.716. The number of nitrogens with zero attached hydrogens (tertiary/aromatic N) is 2. The molecule has 76 valence electrons. The number of rotatable bonds is 2. The number of hydrogen-bond donors (Lipinski definition) is 0. The molecule has 0 aliphatic carbocycles. The van der Waals surface area contributed by atoms with Crippen LogP contribution in [0.3, 0.4) is 0 Å². The maximum absolute atomic E-state index is 11.5. The second-order valence-electron chi connectivity index (χ2n) is 2.69. The van der Waals surface area contributed by atoms with Crippen molar-refractivity contribution in [2.75, 3.05) is 0 Å². The Balaban J connectivity index is 2.94. The van der Waals surface area contributed by atoms with Crippen molar-refractivity contribution in [3.8, 4) is 0 Å². The van der Waals surface area contributed by atoms with Gasteiger partial charge in [0.1, 0.15) is 0 Å². The first-order valence-corrected chi connectivity index (χ1v) is 4.15. The molecule has 5 heteroatoms. The number of carbonyl (C=O) groups is 2. The molecule has 15 heavy (non-hydrogen) atoms. The van der Waals surface area contributed by atoms with Gasteiger partial charge < -0.3 is 10.3 Å². The normalized spacial score (nSPS) is 8.87. The third-order valence-corrected chi connectivity index (χ3v) is 1.56. The SMILES string of the molecule is CC(=O)OC(=[N+]=[N-])C(=O)c1ccccc1. The number of ketones is 1. The second kappa shape index (κ2) is 4.83. The lowest BCUT2D eigenvalue weighted by atomic mass is 10.1. The van der Waals surface area contributed by atoms with Crippen LogP contribution in [-0.4, -0.2) is 22.4 Å². The second-order valence-corrected chi connectivity index (χ2v) is 2.69. The first kappa shape index (κ1) is 10.8. The van der Waals surface area contributed by atoms with Crippen molar-refractivity contribution in [2.24, 2.45) is 0 Å². The molecule has 0 saturated heterocycles. The van der Waals surface area contributed by atoms with Gasteiger partial charge in [-0.1, -0.05) is 30.3 Å². The van der Waals surface area contributed by atoms with Crippen LogP contribution < -0.4 is 0 Å². The molecule has 1 rings (SSSR count). The maximum atomic E-state index is 11.5. The molecule has 0 heterocycles. The number of esters is 1. The third kappa shape index (κ3) is 2.86. The van der Waals surface area contributed by atoms with E-state index in [0.717, 1.165) is 6.92 Å². The summed E-state index contributed by atoms with van der Waals surface area (Å²) in [6.07, 6.45) is 0. The Morgan fingerprint density at radius 3 is 2.33 bits per heavy atom. The van der Waals surface area contributed by atoms with E-state index >= 15 is 0 Å². The van der Waals surface area contributed by atoms with Gasteiger partial charge in [0.2, 0.25) is 0 Å². The van der Waals surface area contributed by atoms with Crippen LogP contribution in [0.25, 0.3) is 5.53 Å². The largest absolute Gasteiger partial charge is 0.531 e. The van der Waals surface area contributed by atoms with E-state index in [9.17, 15) is 9.59 Å². The lowest BCUT2D eigenvalue weighted by Gasteiger charge is -1.95. The average Bonchev–Trinajstić information content (AvgIpc) is 2.26. The summed E-state index contributed by atoms with van der Waals surface area (Å²) in [7, 11) is 0. The van der Waals surface area contributed by atoms with Gasteiger partial charge in [-0.25, -0.2) is 0 Å². The molecular formula is C10H8N2O3. The molecule has 0 fully saturated rings. The summed E-state index contributed by atoms with van der Waals surface area (Å²) in [4.78, 5) is 24.8. The highest BCUT2D eigenvalue weighted by Crippen LogP contribution is 2.01. The topological polar surface area (TPSA) is 79.8 Å². The van der Waals surface area contributed by atoms with E-state index in [-0.39, 0.29) is 5.56 Å². The van der Waals surface area contributed by atoms with Crippen LogP contribution in [0.1, 0.15) is 17.3 Å². The van der Waals surface area contributed by atoms with Gasteiger partial charge in [0.05, 0.1) is 0 Å². The van der Waals surface area contributed by atoms with Crippen LogP contribution in [-0.2, 0) is 9.53 Å². The maximum Gasteiger partial charge on any atom is 0.531 e. The van der Waals surface area contributed by atoms with Gasteiger partial charge >= 0.3 is 17.7 Å². The summed E-state index contributed by atoms with van der Waals surface area (Å²) in [5, 5.41) is 0. The summed E-state index contributed by atoms with van der Waals surface area (Å²) in [5.74, 6) is -1.99. The third-order valence-electron chi connectivity index (χ3n) is 1.56. The molecule has 0 unspecified atom stereocenters. The molecule has 0 aliphatic rings. The van der Waals surface area contributed by atoms with Gasteiger partial charge in [-0.15, -0.1) is 4.79 Å². The molecule has 1 aromatic rings. The zero-order chi connectivity index (χ0) is 11.3. The molecule has 0 N–H and O–H groups in total. The highest BCUT2D eigenvalue weighted by atomic mass is 16.5. The Bertz CT molecular complexity index is 433. The molecular weight excluding hydrogens is 196 g/mol. The molecule has 0 saturated carbocycles. The first-order valence-electron chi connectivity index (χ1n) is 4.15. The van der Waals surface area contributed by atoms with E-state index in [0.29, 0.717) is 0 Å². The molecule has 1 aromatic carbocycles. The van der Waals surface area contributed by atoms with E-state index in [4.69, 9.17) is 5.53 Å². The van der Waals surface area contributed by atoms with Crippen LogP contribution in [0.15, 0.2) is 30.3 Å². The van der Waals surface area contributed by atoms with E-state index in [1.165, 1.54) is 12.1 Å². The summed E-state index contributed by atoms with van der Waals surface area (Å²) in [6.45, 7) is 1.11. The zero-order valence-electron chi connectivity index (χ0n) is 8.01. The Morgan fingerprint density at radius 2 is 1.87 bits per heavy atom. The number of benzene rings is 1. The Morgan fingerprint density at radius 1 is 1.27 bits per heavy atom. The van der Waals surface area contributed by atoms with Crippen LogP contribution in [0.5, 0.6) is 0 Å². The Labute approximate surface area is 85.9 Å². The van der Waals surface area contributed by atoms with Gasteiger partial charge in [0, 0.05) is 12.5 Å². The van der Waals surface area contributed by atoms with Gasteiger partial charge in [-0.3, -0.25) is 9.59 Å². The van der Waals surface area contributed by atoms with Gasteiger partial charge in [-0.2, -0.15) is 0 Å². The van der Waals surface area contributed by atoms with Crippen LogP contribution in [0.2, 0.25) is 0 Å². The van der Waals surface area contributed by atoms with Crippen molar-refractivity contribution in [3.05, 3.63) is 41.4 Å². The van der Waals surface area contributed by atoms with Crippen molar-refractivity contribution >= 4 is 17.7 Å².